The minimum Gasteiger partial charge on any atom is -0.454 e. The van der Waals surface area contributed by atoms with E-state index in [1.807, 2.05) is 0 Å². The van der Waals surface area contributed by atoms with Gasteiger partial charge in [-0.15, -0.1) is 0 Å². The molecule has 2 aromatic rings. The Labute approximate surface area is 156 Å². The third kappa shape index (κ3) is 4.44. The summed E-state index contributed by atoms with van der Waals surface area (Å²) in [6.07, 6.45) is 0. The van der Waals surface area contributed by atoms with Gasteiger partial charge in [-0.1, -0.05) is 13.8 Å². The first-order chi connectivity index (χ1) is 12.9. The predicted molar refractivity (Wildman–Crippen MR) is 97.1 cm³/mol. The van der Waals surface area contributed by atoms with E-state index >= 15 is 0 Å². The second-order valence-electron chi connectivity index (χ2n) is 6.29. The van der Waals surface area contributed by atoms with Gasteiger partial charge < -0.3 is 19.5 Å². The lowest BCUT2D eigenvalue weighted by Crippen LogP contribution is -2.18. The molecule has 140 valence electrons. The molecule has 27 heavy (non-hydrogen) atoms. The van der Waals surface area contributed by atoms with Gasteiger partial charge >= 0.3 is 5.97 Å². The number of benzene rings is 2. The zero-order valence-corrected chi connectivity index (χ0v) is 15.0. The average molecular weight is 369 g/mol. The molecule has 7 heteroatoms. The van der Waals surface area contributed by atoms with Crippen molar-refractivity contribution in [2.24, 2.45) is 5.92 Å². The van der Waals surface area contributed by atoms with Gasteiger partial charge in [0.1, 0.15) is 0 Å². The van der Waals surface area contributed by atoms with E-state index in [9.17, 15) is 14.4 Å². The van der Waals surface area contributed by atoms with Gasteiger partial charge in [0, 0.05) is 17.2 Å². The van der Waals surface area contributed by atoms with E-state index in [2.05, 4.69) is 5.32 Å². The Morgan fingerprint density at radius 3 is 2.37 bits per heavy atom. The highest BCUT2D eigenvalue weighted by Crippen LogP contribution is 2.32. The molecular formula is C20H19NO6. The summed E-state index contributed by atoms with van der Waals surface area (Å²) in [4.78, 5) is 36.0. The SMILES string of the molecule is CC(C)C(=O)Nc1ccc(C(=O)COC(=O)c2ccc3c(c2)OCO3)cc1. The molecule has 0 bridgehead atoms. The number of hydrogen-bond donors (Lipinski definition) is 1. The van der Waals surface area contributed by atoms with Gasteiger partial charge in [0.2, 0.25) is 12.7 Å². The molecule has 0 fully saturated rings. The largest absolute Gasteiger partial charge is 0.454 e. The van der Waals surface area contributed by atoms with Crippen molar-refractivity contribution in [2.75, 3.05) is 18.7 Å². The predicted octanol–water partition coefficient (Wildman–Crippen LogP) is 3.05. The van der Waals surface area contributed by atoms with Crippen LogP contribution < -0.4 is 14.8 Å². The van der Waals surface area contributed by atoms with Crippen molar-refractivity contribution in [1.82, 2.24) is 0 Å². The van der Waals surface area contributed by atoms with Crippen LogP contribution in [-0.4, -0.2) is 31.1 Å². The maximum Gasteiger partial charge on any atom is 0.338 e. The van der Waals surface area contributed by atoms with Crippen LogP contribution in [0.3, 0.4) is 0 Å². The standard InChI is InChI=1S/C20H19NO6/c1-12(2)19(23)21-15-6-3-13(4-7-15)16(22)10-25-20(24)14-5-8-17-18(9-14)27-11-26-17/h3-9,12H,10-11H2,1-2H3,(H,21,23). The highest BCUT2D eigenvalue weighted by molar-refractivity contribution is 6.00. The van der Waals surface area contributed by atoms with Crippen LogP contribution in [-0.2, 0) is 9.53 Å². The van der Waals surface area contributed by atoms with Crippen molar-refractivity contribution in [3.63, 3.8) is 0 Å². The van der Waals surface area contributed by atoms with Crippen LogP contribution in [0.4, 0.5) is 5.69 Å². The lowest BCUT2D eigenvalue weighted by molar-refractivity contribution is -0.118. The van der Waals surface area contributed by atoms with E-state index in [0.717, 1.165) is 0 Å². The van der Waals surface area contributed by atoms with Gasteiger partial charge in [0.05, 0.1) is 5.56 Å². The Bertz CT molecular complexity index is 873. The first-order valence-electron chi connectivity index (χ1n) is 8.45. The Morgan fingerprint density at radius 2 is 1.67 bits per heavy atom. The normalized spacial score (nSPS) is 12.0. The summed E-state index contributed by atoms with van der Waals surface area (Å²) in [5, 5.41) is 2.74. The molecule has 7 nitrogen and oxygen atoms in total. The van der Waals surface area contributed by atoms with Crippen molar-refractivity contribution >= 4 is 23.3 Å². The van der Waals surface area contributed by atoms with Gasteiger partial charge in [-0.3, -0.25) is 9.59 Å². The maximum atomic E-state index is 12.2. The van der Waals surface area contributed by atoms with E-state index < -0.39 is 5.97 Å². The van der Waals surface area contributed by atoms with Gasteiger partial charge in [0.25, 0.3) is 0 Å². The Balaban J connectivity index is 1.56. The molecule has 0 saturated carbocycles. The summed E-state index contributed by atoms with van der Waals surface area (Å²) in [6.45, 7) is 3.31. The van der Waals surface area contributed by atoms with Crippen molar-refractivity contribution in [2.45, 2.75) is 13.8 Å². The van der Waals surface area contributed by atoms with E-state index in [1.54, 1.807) is 50.2 Å². The summed E-state index contributed by atoms with van der Waals surface area (Å²) in [6, 6.07) is 11.1. The van der Waals surface area contributed by atoms with Gasteiger partial charge in [-0.05, 0) is 42.5 Å². The van der Waals surface area contributed by atoms with E-state index in [-0.39, 0.29) is 36.6 Å². The fraction of sp³-hybridized carbons (Fsp3) is 0.250. The number of fused-ring (bicyclic) bond motifs is 1. The number of ether oxygens (including phenoxy) is 3. The second-order valence-corrected chi connectivity index (χ2v) is 6.29. The molecule has 0 atom stereocenters. The number of carbonyl (C=O) groups is 3. The molecule has 1 heterocycles. The molecule has 2 aromatic carbocycles. The smallest absolute Gasteiger partial charge is 0.338 e. The van der Waals surface area contributed by atoms with Crippen molar-refractivity contribution in [3.8, 4) is 11.5 Å². The van der Waals surface area contributed by atoms with Crippen molar-refractivity contribution < 1.29 is 28.6 Å². The molecule has 0 unspecified atom stereocenters. The third-order valence-corrected chi connectivity index (χ3v) is 3.94. The molecule has 1 aliphatic rings. The molecule has 0 aromatic heterocycles. The average Bonchev–Trinajstić information content (AvgIpc) is 3.14. The van der Waals surface area contributed by atoms with Crippen molar-refractivity contribution in [1.29, 1.82) is 0 Å². The fourth-order valence-corrected chi connectivity index (χ4v) is 2.35. The molecule has 1 N–H and O–H groups in total. The first kappa shape index (κ1) is 18.4. The van der Waals surface area contributed by atoms with Gasteiger partial charge in [-0.2, -0.15) is 0 Å². The fourth-order valence-electron chi connectivity index (χ4n) is 2.35. The van der Waals surface area contributed by atoms with Crippen LogP contribution in [0, 0.1) is 5.92 Å². The number of hydrogen-bond acceptors (Lipinski definition) is 6. The van der Waals surface area contributed by atoms with Crippen LogP contribution in [0.25, 0.3) is 0 Å². The molecule has 0 aliphatic carbocycles. The molecule has 0 spiro atoms. The van der Waals surface area contributed by atoms with Crippen LogP contribution in [0.2, 0.25) is 0 Å². The number of esters is 1. The van der Waals surface area contributed by atoms with Crippen LogP contribution in [0.1, 0.15) is 34.6 Å². The van der Waals surface area contributed by atoms with Crippen LogP contribution >= 0.6 is 0 Å². The minimum atomic E-state index is -0.623. The minimum absolute atomic E-state index is 0.105. The monoisotopic (exact) mass is 369 g/mol. The summed E-state index contributed by atoms with van der Waals surface area (Å²) < 4.78 is 15.5. The molecule has 3 rings (SSSR count). The highest BCUT2D eigenvalue weighted by Gasteiger charge is 2.18. The second kappa shape index (κ2) is 7.90. The van der Waals surface area contributed by atoms with Gasteiger partial charge in [0.15, 0.2) is 23.9 Å². The van der Waals surface area contributed by atoms with E-state index in [4.69, 9.17) is 14.2 Å². The lowest BCUT2D eigenvalue weighted by atomic mass is 10.1. The summed E-state index contributed by atoms with van der Waals surface area (Å²) in [5.74, 6) is -0.177. The molecular weight excluding hydrogens is 350 g/mol. The molecule has 1 amide bonds. The van der Waals surface area contributed by atoms with Crippen LogP contribution in [0.15, 0.2) is 42.5 Å². The lowest BCUT2D eigenvalue weighted by Gasteiger charge is -2.08. The van der Waals surface area contributed by atoms with Crippen molar-refractivity contribution in [3.05, 3.63) is 53.6 Å². The number of rotatable bonds is 6. The molecule has 1 aliphatic heterocycles. The van der Waals surface area contributed by atoms with E-state index in [1.165, 1.54) is 6.07 Å². The van der Waals surface area contributed by atoms with Crippen LogP contribution in [0.5, 0.6) is 11.5 Å². The number of ketones is 1. The topological polar surface area (TPSA) is 90.9 Å². The Hall–Kier alpha value is -3.35. The Kier molecular flexibility index (Phi) is 5.40. The van der Waals surface area contributed by atoms with Gasteiger partial charge in [-0.25, -0.2) is 4.79 Å². The number of nitrogens with one attached hydrogen (secondary N) is 1. The zero-order valence-electron chi connectivity index (χ0n) is 15.0. The zero-order chi connectivity index (χ0) is 19.4. The number of Topliss-reactive ketones (excluding diaryl/α,β-unsaturated/α-hetero) is 1. The summed E-state index contributed by atoms with van der Waals surface area (Å²) in [5.41, 5.74) is 1.26. The molecule has 0 radical (unpaired) electrons. The quantitative estimate of drug-likeness (QED) is 0.622. The maximum absolute atomic E-state index is 12.2. The number of anilines is 1. The summed E-state index contributed by atoms with van der Waals surface area (Å²) >= 11 is 0. The number of carbonyl (C=O) groups excluding carboxylic acids is 3. The molecule has 0 saturated heterocycles. The third-order valence-electron chi connectivity index (χ3n) is 3.94. The number of amides is 1. The summed E-state index contributed by atoms with van der Waals surface area (Å²) in [7, 11) is 0. The highest BCUT2D eigenvalue weighted by atomic mass is 16.7. The van der Waals surface area contributed by atoms with E-state index in [0.29, 0.717) is 22.7 Å². The first-order valence-corrected chi connectivity index (χ1v) is 8.45. The Morgan fingerprint density at radius 1 is 1.00 bits per heavy atom.